The third-order valence-corrected chi connectivity index (χ3v) is 9.10. The average Bonchev–Trinajstić information content (AvgIpc) is 3.01. The molecular weight excluding hydrogens is 568 g/mol. The number of unbranched alkanes of at least 4 members (excludes halogenated alkanes) is 25. The van der Waals surface area contributed by atoms with Gasteiger partial charge >= 0.3 is 11.9 Å². The van der Waals surface area contributed by atoms with Gasteiger partial charge in [0.25, 0.3) is 0 Å². The van der Waals surface area contributed by atoms with Gasteiger partial charge in [0.05, 0.1) is 6.61 Å². The van der Waals surface area contributed by atoms with E-state index in [-0.39, 0.29) is 5.97 Å². The van der Waals surface area contributed by atoms with Gasteiger partial charge in [0.1, 0.15) is 0 Å². The summed E-state index contributed by atoms with van der Waals surface area (Å²) in [7, 11) is 0. The number of carboxylic acid groups (broad SMARTS) is 1. The van der Waals surface area contributed by atoms with Crippen LogP contribution in [0.2, 0.25) is 0 Å². The van der Waals surface area contributed by atoms with Crippen LogP contribution >= 0.6 is 0 Å². The second-order valence-corrected chi connectivity index (χ2v) is 15.0. The van der Waals surface area contributed by atoms with Crippen LogP contribution in [0, 0.1) is 11.8 Å². The lowest BCUT2D eigenvalue weighted by atomic mass is 10.0. The van der Waals surface area contributed by atoms with Crippen LogP contribution in [0.15, 0.2) is 0 Å². The Labute approximate surface area is 289 Å². The second-order valence-electron chi connectivity index (χ2n) is 15.0. The van der Waals surface area contributed by atoms with Gasteiger partial charge in [-0.25, -0.2) is 0 Å². The molecule has 0 saturated heterocycles. The smallest absolute Gasteiger partial charge is 0.305 e. The van der Waals surface area contributed by atoms with E-state index in [4.69, 9.17) is 9.84 Å². The van der Waals surface area contributed by atoms with Crippen LogP contribution in [-0.2, 0) is 14.3 Å². The van der Waals surface area contributed by atoms with E-state index in [0.29, 0.717) is 25.4 Å². The monoisotopic (exact) mass is 653 g/mol. The quantitative estimate of drug-likeness (QED) is 0.0546. The molecule has 0 spiro atoms. The van der Waals surface area contributed by atoms with Crippen LogP contribution in [0.25, 0.3) is 0 Å². The maximum absolute atomic E-state index is 11.6. The van der Waals surface area contributed by atoms with Crippen molar-refractivity contribution in [2.24, 2.45) is 11.8 Å². The lowest BCUT2D eigenvalue weighted by molar-refractivity contribution is -0.144. The molecule has 4 nitrogen and oxygen atoms in total. The Hall–Kier alpha value is -1.06. The van der Waals surface area contributed by atoms with Crippen LogP contribution in [0.5, 0.6) is 0 Å². The number of rotatable bonds is 35. The van der Waals surface area contributed by atoms with Crippen molar-refractivity contribution in [2.75, 3.05) is 6.61 Å². The van der Waals surface area contributed by atoms with Crippen LogP contribution in [0.1, 0.15) is 240 Å². The molecule has 0 unspecified atom stereocenters. The van der Waals surface area contributed by atoms with Gasteiger partial charge in [0.15, 0.2) is 0 Å². The van der Waals surface area contributed by atoms with Crippen molar-refractivity contribution in [2.45, 2.75) is 240 Å². The normalized spacial score (nSPS) is 11.2. The molecule has 0 radical (unpaired) electrons. The highest BCUT2D eigenvalue weighted by atomic mass is 16.5. The first-order chi connectivity index (χ1) is 22.3. The second kappa shape index (κ2) is 40.1. The van der Waals surface area contributed by atoms with Crippen LogP contribution in [0.4, 0.5) is 0 Å². The Morgan fingerprint density at radius 1 is 0.435 bits per heavy atom. The van der Waals surface area contributed by atoms with Crippen molar-refractivity contribution in [1.82, 2.24) is 0 Å². The molecule has 0 atom stereocenters. The summed E-state index contributed by atoms with van der Waals surface area (Å²) in [6.45, 7) is 11.9. The van der Waals surface area contributed by atoms with Crippen molar-refractivity contribution in [3.63, 3.8) is 0 Å². The van der Waals surface area contributed by atoms with Gasteiger partial charge in [-0.15, -0.1) is 0 Å². The Kier molecular flexibility index (Phi) is 41.0. The molecule has 0 fully saturated rings. The minimum Gasteiger partial charge on any atom is -0.481 e. The largest absolute Gasteiger partial charge is 0.481 e. The molecule has 0 aromatic carbocycles. The molecule has 0 aliphatic carbocycles. The highest BCUT2D eigenvalue weighted by molar-refractivity contribution is 5.69. The van der Waals surface area contributed by atoms with Gasteiger partial charge in [0, 0.05) is 12.8 Å². The molecule has 0 bridgehead atoms. The Balaban J connectivity index is 0. The Morgan fingerprint density at radius 3 is 1.09 bits per heavy atom. The minimum atomic E-state index is -0.653. The number of carboxylic acids is 1. The number of ether oxygens (including phenoxy) is 1. The first-order valence-electron chi connectivity index (χ1n) is 20.7. The number of esters is 1. The summed E-state index contributed by atoms with van der Waals surface area (Å²) in [5.74, 6) is 0.917. The van der Waals surface area contributed by atoms with E-state index in [1.54, 1.807) is 0 Å². The Morgan fingerprint density at radius 2 is 0.739 bits per heavy atom. The predicted octanol–water partition coefficient (Wildman–Crippen LogP) is 14.4. The lowest BCUT2D eigenvalue weighted by Crippen LogP contribution is -2.06. The third kappa shape index (κ3) is 47.3. The van der Waals surface area contributed by atoms with Gasteiger partial charge in [-0.05, 0) is 37.5 Å². The summed E-state index contributed by atoms with van der Waals surface area (Å²) in [4.78, 5) is 21.9. The van der Waals surface area contributed by atoms with Gasteiger partial charge < -0.3 is 9.84 Å². The zero-order valence-electron chi connectivity index (χ0n) is 32.2. The maximum Gasteiger partial charge on any atom is 0.305 e. The number of aliphatic carboxylic acids is 1. The predicted molar refractivity (Wildman–Crippen MR) is 202 cm³/mol. The first-order valence-corrected chi connectivity index (χ1v) is 20.7. The van der Waals surface area contributed by atoms with Gasteiger partial charge in [-0.2, -0.15) is 0 Å². The fourth-order valence-electron chi connectivity index (χ4n) is 5.99. The fraction of sp³-hybridized carbons (Fsp3) is 0.952. The number of hydrogen-bond donors (Lipinski definition) is 1. The molecule has 4 heteroatoms. The average molecular weight is 653 g/mol. The van der Waals surface area contributed by atoms with Crippen LogP contribution < -0.4 is 0 Å². The Bertz CT molecular complexity index is 600. The van der Waals surface area contributed by atoms with Crippen molar-refractivity contribution in [3.05, 3.63) is 0 Å². The molecule has 276 valence electrons. The molecule has 0 aromatic heterocycles. The van der Waals surface area contributed by atoms with Gasteiger partial charge in [-0.1, -0.05) is 202 Å². The summed E-state index contributed by atoms with van der Waals surface area (Å²) in [6, 6.07) is 0. The molecule has 0 saturated carbocycles. The number of carbonyl (C=O) groups is 2. The van der Waals surface area contributed by atoms with E-state index in [0.717, 1.165) is 38.0 Å². The van der Waals surface area contributed by atoms with E-state index in [1.165, 1.54) is 161 Å². The zero-order valence-corrected chi connectivity index (χ0v) is 32.2. The molecular formula is C42H84O4. The first kappa shape index (κ1) is 47.1. The summed E-state index contributed by atoms with van der Waals surface area (Å²) < 4.78 is 5.27. The van der Waals surface area contributed by atoms with Crippen LogP contribution in [0.3, 0.4) is 0 Å². The highest BCUT2D eigenvalue weighted by Crippen LogP contribution is 2.16. The van der Waals surface area contributed by atoms with E-state index >= 15 is 0 Å². The molecule has 0 amide bonds. The summed E-state index contributed by atoms with van der Waals surface area (Å²) in [6.07, 6.45) is 40.4. The molecule has 0 aromatic rings. The molecule has 46 heavy (non-hydrogen) atoms. The summed E-state index contributed by atoms with van der Waals surface area (Å²) in [5.41, 5.74) is 0. The molecule has 1 N–H and O–H groups in total. The van der Waals surface area contributed by atoms with E-state index < -0.39 is 5.97 Å². The zero-order chi connectivity index (χ0) is 34.4. The molecule has 0 heterocycles. The standard InChI is InChI=1S/C24H48O2.C18H36O2/c1-22(2)18-15-13-11-9-7-5-6-8-10-12-14-16-20-24(25)26-21-17-19-23(3)4;1-2-3-4-5-6-7-8-9-10-11-12-13-14-15-16-17-18(19)20/h22-23H,5-21H2,1-4H3;2-17H2,1H3,(H,19,20). The summed E-state index contributed by atoms with van der Waals surface area (Å²) in [5, 5.41) is 8.52. The highest BCUT2D eigenvalue weighted by Gasteiger charge is 2.03. The van der Waals surface area contributed by atoms with Crippen molar-refractivity contribution in [3.8, 4) is 0 Å². The maximum atomic E-state index is 11.6. The van der Waals surface area contributed by atoms with Gasteiger partial charge in [0.2, 0.25) is 0 Å². The van der Waals surface area contributed by atoms with Crippen molar-refractivity contribution >= 4 is 11.9 Å². The van der Waals surface area contributed by atoms with E-state index in [9.17, 15) is 9.59 Å². The van der Waals surface area contributed by atoms with Crippen molar-refractivity contribution in [1.29, 1.82) is 0 Å². The molecule has 0 rings (SSSR count). The molecule has 0 aliphatic rings. The minimum absolute atomic E-state index is 0.00199. The fourth-order valence-corrected chi connectivity index (χ4v) is 5.99. The SMILES string of the molecule is CC(C)CCCCCCCCCCCCCCC(=O)OCCCC(C)C.CCCCCCCCCCCCCCCCCC(=O)O. The van der Waals surface area contributed by atoms with Gasteiger partial charge in [-0.3, -0.25) is 9.59 Å². The lowest BCUT2D eigenvalue weighted by Gasteiger charge is -2.06. The van der Waals surface area contributed by atoms with E-state index in [1.807, 2.05) is 0 Å². The summed E-state index contributed by atoms with van der Waals surface area (Å²) >= 11 is 0. The van der Waals surface area contributed by atoms with Crippen LogP contribution in [-0.4, -0.2) is 23.7 Å². The van der Waals surface area contributed by atoms with E-state index in [2.05, 4.69) is 34.6 Å². The molecule has 0 aliphatic heterocycles. The number of hydrogen-bond acceptors (Lipinski definition) is 3. The third-order valence-electron chi connectivity index (χ3n) is 9.10. The van der Waals surface area contributed by atoms with Crippen molar-refractivity contribution < 1.29 is 19.4 Å². The topological polar surface area (TPSA) is 63.6 Å². The number of carbonyl (C=O) groups excluding carboxylic acids is 1.